The van der Waals surface area contributed by atoms with Gasteiger partial charge in [0.1, 0.15) is 0 Å². The molecule has 0 aliphatic carbocycles. The zero-order chi connectivity index (χ0) is 17.8. The van der Waals surface area contributed by atoms with Crippen molar-refractivity contribution in [2.75, 3.05) is 0 Å². The summed E-state index contributed by atoms with van der Waals surface area (Å²) in [7, 11) is 0. The molecule has 0 fully saturated rings. The Labute approximate surface area is 148 Å². The molecule has 1 aromatic heterocycles. The lowest BCUT2D eigenvalue weighted by Gasteiger charge is -2.20. The fraction of sp³-hybridized carbons (Fsp3) is 0.182. The SMILES string of the molecule is Cc1ccc(C(=O)N[C@@H](c2cccnc2)c2ccc(C)c(C)c2)cc1. The summed E-state index contributed by atoms with van der Waals surface area (Å²) in [5.41, 5.74) is 6.25. The van der Waals surface area contributed by atoms with E-state index in [2.05, 4.69) is 42.3 Å². The maximum absolute atomic E-state index is 12.7. The molecule has 3 rings (SSSR count). The number of pyridine rings is 1. The largest absolute Gasteiger partial charge is 0.341 e. The van der Waals surface area contributed by atoms with Crippen molar-refractivity contribution in [3.8, 4) is 0 Å². The van der Waals surface area contributed by atoms with Crippen LogP contribution in [0.2, 0.25) is 0 Å². The zero-order valence-corrected chi connectivity index (χ0v) is 14.8. The highest BCUT2D eigenvalue weighted by atomic mass is 16.1. The number of nitrogens with one attached hydrogen (secondary N) is 1. The molecule has 1 amide bonds. The summed E-state index contributed by atoms with van der Waals surface area (Å²) in [6.45, 7) is 6.18. The van der Waals surface area contributed by atoms with Gasteiger partial charge in [-0.3, -0.25) is 9.78 Å². The van der Waals surface area contributed by atoms with Crippen LogP contribution in [0.1, 0.15) is 44.2 Å². The van der Waals surface area contributed by atoms with Crippen LogP contribution in [0.3, 0.4) is 0 Å². The molecule has 126 valence electrons. The quantitative estimate of drug-likeness (QED) is 0.764. The van der Waals surface area contributed by atoms with E-state index in [1.54, 1.807) is 12.4 Å². The van der Waals surface area contributed by atoms with Crippen molar-refractivity contribution in [2.24, 2.45) is 0 Å². The van der Waals surface area contributed by atoms with E-state index < -0.39 is 0 Å². The van der Waals surface area contributed by atoms with Crippen molar-refractivity contribution in [3.63, 3.8) is 0 Å². The number of aryl methyl sites for hydroxylation is 3. The van der Waals surface area contributed by atoms with Crippen LogP contribution in [0.5, 0.6) is 0 Å². The van der Waals surface area contributed by atoms with Crippen molar-refractivity contribution in [2.45, 2.75) is 26.8 Å². The summed E-state index contributed by atoms with van der Waals surface area (Å²) >= 11 is 0. The average Bonchev–Trinajstić information content (AvgIpc) is 2.63. The Morgan fingerprint density at radius 3 is 2.32 bits per heavy atom. The Bertz CT molecular complexity index is 870. The molecule has 3 aromatic rings. The summed E-state index contributed by atoms with van der Waals surface area (Å²) in [5.74, 6) is -0.0907. The van der Waals surface area contributed by atoms with Crippen LogP contribution in [-0.2, 0) is 0 Å². The van der Waals surface area contributed by atoms with Gasteiger partial charge in [0.05, 0.1) is 6.04 Å². The Kier molecular flexibility index (Phi) is 4.94. The van der Waals surface area contributed by atoms with Crippen molar-refractivity contribution in [1.29, 1.82) is 0 Å². The van der Waals surface area contributed by atoms with Gasteiger partial charge in [-0.2, -0.15) is 0 Å². The molecular formula is C22H22N2O. The first-order valence-electron chi connectivity index (χ1n) is 8.39. The first-order chi connectivity index (χ1) is 12.0. The van der Waals surface area contributed by atoms with Crippen molar-refractivity contribution >= 4 is 5.91 Å². The summed E-state index contributed by atoms with van der Waals surface area (Å²) in [5, 5.41) is 3.15. The van der Waals surface area contributed by atoms with Gasteiger partial charge in [0.2, 0.25) is 0 Å². The van der Waals surface area contributed by atoms with Crippen molar-refractivity contribution < 1.29 is 4.79 Å². The van der Waals surface area contributed by atoms with Crippen LogP contribution in [-0.4, -0.2) is 10.9 Å². The summed E-state index contributed by atoms with van der Waals surface area (Å²) in [6, 6.07) is 17.5. The van der Waals surface area contributed by atoms with Gasteiger partial charge in [-0.15, -0.1) is 0 Å². The van der Waals surface area contributed by atoms with E-state index in [0.717, 1.165) is 16.7 Å². The van der Waals surface area contributed by atoms with Gasteiger partial charge in [0.15, 0.2) is 0 Å². The minimum atomic E-state index is -0.234. The van der Waals surface area contributed by atoms with Crippen LogP contribution in [0.4, 0.5) is 0 Å². The predicted molar refractivity (Wildman–Crippen MR) is 101 cm³/mol. The zero-order valence-electron chi connectivity index (χ0n) is 14.8. The molecule has 1 N–H and O–H groups in total. The monoisotopic (exact) mass is 330 g/mol. The smallest absolute Gasteiger partial charge is 0.252 e. The Morgan fingerprint density at radius 1 is 0.920 bits per heavy atom. The average molecular weight is 330 g/mol. The number of nitrogens with zero attached hydrogens (tertiary/aromatic N) is 1. The fourth-order valence-electron chi connectivity index (χ4n) is 2.77. The lowest BCUT2D eigenvalue weighted by Crippen LogP contribution is -2.29. The summed E-state index contributed by atoms with van der Waals surface area (Å²) in [6.07, 6.45) is 3.54. The fourth-order valence-corrected chi connectivity index (χ4v) is 2.77. The third kappa shape index (κ3) is 3.94. The second-order valence-corrected chi connectivity index (χ2v) is 6.40. The number of benzene rings is 2. The molecule has 0 spiro atoms. The van der Waals surface area contributed by atoms with Gasteiger partial charge in [-0.1, -0.05) is 42.0 Å². The number of aromatic nitrogens is 1. The van der Waals surface area contributed by atoms with Crippen LogP contribution in [0.15, 0.2) is 67.0 Å². The molecule has 25 heavy (non-hydrogen) atoms. The van der Waals surface area contributed by atoms with Gasteiger partial charge in [0.25, 0.3) is 5.91 Å². The molecule has 1 atom stereocenters. The van der Waals surface area contributed by atoms with Crippen LogP contribution in [0, 0.1) is 20.8 Å². The molecule has 0 aliphatic rings. The molecule has 0 saturated heterocycles. The van der Waals surface area contributed by atoms with Crippen molar-refractivity contribution in [1.82, 2.24) is 10.3 Å². The lowest BCUT2D eigenvalue weighted by atomic mass is 9.96. The lowest BCUT2D eigenvalue weighted by molar-refractivity contribution is 0.0943. The second kappa shape index (κ2) is 7.31. The van der Waals surface area contributed by atoms with E-state index in [-0.39, 0.29) is 11.9 Å². The van der Waals surface area contributed by atoms with E-state index in [1.165, 1.54) is 11.1 Å². The minimum Gasteiger partial charge on any atom is -0.341 e. The predicted octanol–water partition coefficient (Wildman–Crippen LogP) is 4.53. The molecule has 3 heteroatoms. The maximum Gasteiger partial charge on any atom is 0.252 e. The van der Waals surface area contributed by atoms with Gasteiger partial charge < -0.3 is 5.32 Å². The molecule has 0 radical (unpaired) electrons. The summed E-state index contributed by atoms with van der Waals surface area (Å²) in [4.78, 5) is 16.9. The van der Waals surface area contributed by atoms with E-state index in [4.69, 9.17) is 0 Å². The molecule has 2 aromatic carbocycles. The van der Waals surface area contributed by atoms with Crippen LogP contribution >= 0.6 is 0 Å². The van der Waals surface area contributed by atoms with Gasteiger partial charge in [-0.25, -0.2) is 0 Å². The number of rotatable bonds is 4. The third-order valence-electron chi connectivity index (χ3n) is 4.47. The Balaban J connectivity index is 1.95. The van der Waals surface area contributed by atoms with E-state index in [0.29, 0.717) is 5.56 Å². The number of hydrogen-bond acceptors (Lipinski definition) is 2. The molecule has 0 unspecified atom stereocenters. The molecule has 0 saturated carbocycles. The first-order valence-corrected chi connectivity index (χ1v) is 8.39. The highest BCUT2D eigenvalue weighted by Crippen LogP contribution is 2.24. The molecule has 0 aliphatic heterocycles. The first kappa shape index (κ1) is 16.9. The van der Waals surface area contributed by atoms with E-state index in [9.17, 15) is 4.79 Å². The molecular weight excluding hydrogens is 308 g/mol. The van der Waals surface area contributed by atoms with Crippen molar-refractivity contribution in [3.05, 3.63) is 100 Å². The van der Waals surface area contributed by atoms with E-state index >= 15 is 0 Å². The Hall–Kier alpha value is -2.94. The molecule has 0 bridgehead atoms. The minimum absolute atomic E-state index is 0.0907. The second-order valence-electron chi connectivity index (χ2n) is 6.40. The summed E-state index contributed by atoms with van der Waals surface area (Å²) < 4.78 is 0. The third-order valence-corrected chi connectivity index (χ3v) is 4.47. The topological polar surface area (TPSA) is 42.0 Å². The van der Waals surface area contributed by atoms with Crippen LogP contribution < -0.4 is 5.32 Å². The normalized spacial score (nSPS) is 11.8. The number of amides is 1. The number of hydrogen-bond donors (Lipinski definition) is 1. The number of carbonyl (C=O) groups excluding carboxylic acids is 1. The highest BCUT2D eigenvalue weighted by molar-refractivity contribution is 5.94. The highest BCUT2D eigenvalue weighted by Gasteiger charge is 2.18. The Morgan fingerprint density at radius 2 is 1.68 bits per heavy atom. The maximum atomic E-state index is 12.7. The van der Waals surface area contributed by atoms with Crippen LogP contribution in [0.25, 0.3) is 0 Å². The van der Waals surface area contributed by atoms with E-state index in [1.807, 2.05) is 43.3 Å². The standard InChI is InChI=1S/C22H22N2O/c1-15-6-9-18(10-7-15)22(25)24-21(20-5-4-12-23-14-20)19-11-8-16(2)17(3)13-19/h4-14,21H,1-3H3,(H,24,25)/t21-/m1/s1. The van der Waals surface area contributed by atoms with Gasteiger partial charge in [0, 0.05) is 18.0 Å². The molecule has 1 heterocycles. The van der Waals surface area contributed by atoms with Gasteiger partial charge >= 0.3 is 0 Å². The van der Waals surface area contributed by atoms with Gasteiger partial charge in [-0.05, 0) is 61.2 Å². The molecule has 3 nitrogen and oxygen atoms in total. The number of carbonyl (C=O) groups is 1.